The standard InChI is InChI=1S/C13H16BrN3O/c1-8-3-4-9(14)7-11(8)12-10(5-6-15)13(18)17(2)16-12/h3-4,7,16H,5-6,15H2,1-2H3. The van der Waals surface area contributed by atoms with Gasteiger partial charge in [-0.15, -0.1) is 0 Å². The van der Waals surface area contributed by atoms with Gasteiger partial charge < -0.3 is 5.73 Å². The maximum atomic E-state index is 12.0. The molecule has 0 aliphatic carbocycles. The molecule has 0 unspecified atom stereocenters. The summed E-state index contributed by atoms with van der Waals surface area (Å²) in [7, 11) is 1.72. The highest BCUT2D eigenvalue weighted by atomic mass is 79.9. The van der Waals surface area contributed by atoms with Crippen LogP contribution in [0.15, 0.2) is 27.5 Å². The molecule has 3 N–H and O–H groups in total. The lowest BCUT2D eigenvalue weighted by Gasteiger charge is -2.06. The number of aromatic amines is 1. The summed E-state index contributed by atoms with van der Waals surface area (Å²) in [6.45, 7) is 2.49. The van der Waals surface area contributed by atoms with Crippen LogP contribution < -0.4 is 11.3 Å². The zero-order valence-electron chi connectivity index (χ0n) is 10.5. The molecule has 0 aliphatic heterocycles. The highest BCUT2D eigenvalue weighted by Crippen LogP contribution is 2.27. The lowest BCUT2D eigenvalue weighted by atomic mass is 10.0. The first-order valence-electron chi connectivity index (χ1n) is 5.79. The molecule has 2 aromatic rings. The van der Waals surface area contributed by atoms with Gasteiger partial charge in [-0.2, -0.15) is 0 Å². The van der Waals surface area contributed by atoms with Crippen molar-refractivity contribution in [1.82, 2.24) is 9.78 Å². The second kappa shape index (κ2) is 5.12. The molecule has 1 aromatic heterocycles. The molecule has 0 bridgehead atoms. The molecular formula is C13H16BrN3O. The Morgan fingerprint density at radius 1 is 1.44 bits per heavy atom. The lowest BCUT2D eigenvalue weighted by molar-refractivity contribution is 0.739. The summed E-state index contributed by atoms with van der Waals surface area (Å²) >= 11 is 3.46. The summed E-state index contributed by atoms with van der Waals surface area (Å²) in [4.78, 5) is 12.0. The Bertz CT molecular complexity index is 628. The predicted octanol–water partition coefficient (Wildman–Crippen LogP) is 1.95. The number of hydrogen-bond donors (Lipinski definition) is 2. The molecule has 18 heavy (non-hydrogen) atoms. The molecule has 0 aliphatic rings. The van der Waals surface area contributed by atoms with Gasteiger partial charge in [-0.05, 0) is 37.6 Å². The first-order valence-corrected chi connectivity index (χ1v) is 6.58. The molecule has 0 spiro atoms. The third-order valence-electron chi connectivity index (χ3n) is 3.01. The molecule has 0 saturated carbocycles. The van der Waals surface area contributed by atoms with Crippen molar-refractivity contribution in [2.75, 3.05) is 6.54 Å². The van der Waals surface area contributed by atoms with Gasteiger partial charge in [0.25, 0.3) is 5.56 Å². The zero-order valence-corrected chi connectivity index (χ0v) is 12.0. The second-order valence-corrected chi connectivity index (χ2v) is 5.24. The van der Waals surface area contributed by atoms with Crippen molar-refractivity contribution in [3.63, 3.8) is 0 Å². The average molecular weight is 310 g/mol. The van der Waals surface area contributed by atoms with Crippen molar-refractivity contribution < 1.29 is 0 Å². The third kappa shape index (κ3) is 2.28. The fraction of sp³-hybridized carbons (Fsp3) is 0.308. The topological polar surface area (TPSA) is 63.8 Å². The third-order valence-corrected chi connectivity index (χ3v) is 3.50. The smallest absolute Gasteiger partial charge is 0.270 e. The van der Waals surface area contributed by atoms with E-state index in [9.17, 15) is 4.79 Å². The van der Waals surface area contributed by atoms with Crippen molar-refractivity contribution in [2.45, 2.75) is 13.3 Å². The van der Waals surface area contributed by atoms with E-state index in [1.807, 2.05) is 25.1 Å². The molecule has 5 heteroatoms. The van der Waals surface area contributed by atoms with E-state index in [0.717, 1.165) is 26.9 Å². The maximum Gasteiger partial charge on any atom is 0.270 e. The molecule has 0 saturated heterocycles. The Hall–Kier alpha value is -1.33. The van der Waals surface area contributed by atoms with Crippen LogP contribution in [0.1, 0.15) is 11.1 Å². The molecule has 4 nitrogen and oxygen atoms in total. The van der Waals surface area contributed by atoms with Gasteiger partial charge in [0.05, 0.1) is 5.69 Å². The van der Waals surface area contributed by atoms with Gasteiger partial charge in [0.1, 0.15) is 0 Å². The fourth-order valence-electron chi connectivity index (χ4n) is 2.06. The number of H-pyrrole nitrogens is 1. The van der Waals surface area contributed by atoms with E-state index in [-0.39, 0.29) is 5.56 Å². The van der Waals surface area contributed by atoms with E-state index >= 15 is 0 Å². The monoisotopic (exact) mass is 309 g/mol. The van der Waals surface area contributed by atoms with Crippen LogP contribution in [-0.2, 0) is 13.5 Å². The Morgan fingerprint density at radius 3 is 2.83 bits per heavy atom. The number of nitrogens with zero attached hydrogens (tertiary/aromatic N) is 1. The molecule has 0 radical (unpaired) electrons. The van der Waals surface area contributed by atoms with Crippen molar-refractivity contribution in [2.24, 2.45) is 12.8 Å². The van der Waals surface area contributed by atoms with E-state index in [1.54, 1.807) is 7.05 Å². The molecule has 0 atom stereocenters. The number of aryl methyl sites for hydroxylation is 2. The first kappa shape index (κ1) is 13.1. The zero-order chi connectivity index (χ0) is 13.3. The van der Waals surface area contributed by atoms with Crippen LogP contribution in [0, 0.1) is 6.92 Å². The molecule has 2 rings (SSSR count). The molecule has 0 amide bonds. The summed E-state index contributed by atoms with van der Waals surface area (Å²) in [5, 5.41) is 3.11. The van der Waals surface area contributed by atoms with Gasteiger partial charge in [0, 0.05) is 22.6 Å². The number of nitrogens with one attached hydrogen (secondary N) is 1. The summed E-state index contributed by atoms with van der Waals surface area (Å²) in [6.07, 6.45) is 0.581. The SMILES string of the molecule is Cc1ccc(Br)cc1-c1[nH]n(C)c(=O)c1CCN. The quantitative estimate of drug-likeness (QED) is 0.910. The molecule has 96 valence electrons. The highest BCUT2D eigenvalue weighted by Gasteiger charge is 2.15. The molecule has 0 fully saturated rings. The average Bonchev–Trinajstić information content (AvgIpc) is 2.61. The predicted molar refractivity (Wildman–Crippen MR) is 76.7 cm³/mol. The fourth-order valence-corrected chi connectivity index (χ4v) is 2.42. The number of benzene rings is 1. The molecule has 1 heterocycles. The summed E-state index contributed by atoms with van der Waals surface area (Å²) in [6, 6.07) is 6.03. The van der Waals surface area contributed by atoms with Gasteiger partial charge in [0.15, 0.2) is 0 Å². The van der Waals surface area contributed by atoms with Crippen LogP contribution in [0.5, 0.6) is 0 Å². The summed E-state index contributed by atoms with van der Waals surface area (Å²) in [5.41, 5.74) is 9.35. The van der Waals surface area contributed by atoms with Crippen LogP contribution >= 0.6 is 15.9 Å². The van der Waals surface area contributed by atoms with Crippen molar-refractivity contribution in [3.05, 3.63) is 44.2 Å². The van der Waals surface area contributed by atoms with E-state index < -0.39 is 0 Å². The Kier molecular flexibility index (Phi) is 3.73. The highest BCUT2D eigenvalue weighted by molar-refractivity contribution is 9.10. The Morgan fingerprint density at radius 2 is 2.17 bits per heavy atom. The summed E-state index contributed by atoms with van der Waals surface area (Å²) in [5.74, 6) is 0. The van der Waals surface area contributed by atoms with Crippen molar-refractivity contribution in [3.8, 4) is 11.3 Å². The van der Waals surface area contributed by atoms with Gasteiger partial charge in [-0.1, -0.05) is 22.0 Å². The minimum atomic E-state index is -0.00479. The first-order chi connectivity index (χ1) is 8.54. The van der Waals surface area contributed by atoms with Crippen molar-refractivity contribution in [1.29, 1.82) is 0 Å². The van der Waals surface area contributed by atoms with Crippen molar-refractivity contribution >= 4 is 15.9 Å². The number of nitrogens with two attached hydrogens (primary N) is 1. The summed E-state index contributed by atoms with van der Waals surface area (Å²) < 4.78 is 2.49. The van der Waals surface area contributed by atoms with Crippen LogP contribution in [0.25, 0.3) is 11.3 Å². The maximum absolute atomic E-state index is 12.0. The van der Waals surface area contributed by atoms with Crippen LogP contribution in [-0.4, -0.2) is 16.3 Å². The van der Waals surface area contributed by atoms with E-state index in [1.165, 1.54) is 4.68 Å². The van der Waals surface area contributed by atoms with Gasteiger partial charge in [-0.3, -0.25) is 14.6 Å². The number of hydrogen-bond acceptors (Lipinski definition) is 2. The van der Waals surface area contributed by atoms with Gasteiger partial charge >= 0.3 is 0 Å². The normalized spacial score (nSPS) is 10.9. The number of rotatable bonds is 3. The Balaban J connectivity index is 2.67. The molecular weight excluding hydrogens is 294 g/mol. The van der Waals surface area contributed by atoms with E-state index in [4.69, 9.17) is 5.73 Å². The molecule has 1 aromatic carbocycles. The van der Waals surface area contributed by atoms with Crippen LogP contribution in [0.3, 0.4) is 0 Å². The van der Waals surface area contributed by atoms with Gasteiger partial charge in [0.2, 0.25) is 0 Å². The van der Waals surface area contributed by atoms with Gasteiger partial charge in [-0.25, -0.2) is 0 Å². The second-order valence-electron chi connectivity index (χ2n) is 4.33. The van der Waals surface area contributed by atoms with E-state index in [0.29, 0.717) is 13.0 Å². The van der Waals surface area contributed by atoms with E-state index in [2.05, 4.69) is 21.0 Å². The van der Waals surface area contributed by atoms with Crippen LogP contribution in [0.2, 0.25) is 0 Å². The lowest BCUT2D eigenvalue weighted by Crippen LogP contribution is -2.17. The minimum absolute atomic E-state index is 0.00479. The van der Waals surface area contributed by atoms with Crippen LogP contribution in [0.4, 0.5) is 0 Å². The number of halogens is 1. The number of aromatic nitrogens is 2. The Labute approximate surface area is 114 Å². The minimum Gasteiger partial charge on any atom is -0.330 e. The largest absolute Gasteiger partial charge is 0.330 e.